The fourth-order valence-electron chi connectivity index (χ4n) is 3.43. The Morgan fingerprint density at radius 1 is 1.03 bits per heavy atom. The highest BCUT2D eigenvalue weighted by Gasteiger charge is 2.29. The zero-order valence-corrected chi connectivity index (χ0v) is 18.2. The lowest BCUT2D eigenvalue weighted by molar-refractivity contribution is -0.903. The maximum Gasteiger partial charge on any atom is 0.269 e. The Morgan fingerprint density at radius 2 is 1.60 bits per heavy atom. The van der Waals surface area contributed by atoms with Crippen LogP contribution in [0.1, 0.15) is 26.7 Å². The number of quaternary nitrogens is 1. The maximum atomic E-state index is 13.3. The summed E-state index contributed by atoms with van der Waals surface area (Å²) in [5.74, 6) is 0. The fourth-order valence-corrected chi connectivity index (χ4v) is 4.93. The van der Waals surface area contributed by atoms with Crippen molar-refractivity contribution >= 4 is 21.4 Å². The van der Waals surface area contributed by atoms with Crippen molar-refractivity contribution in [3.05, 3.63) is 64.7 Å². The number of benzene rings is 2. The van der Waals surface area contributed by atoms with Crippen LogP contribution >= 0.6 is 0 Å². The highest BCUT2D eigenvalue weighted by Crippen LogP contribution is 2.25. The number of para-hydroxylation sites is 1. The van der Waals surface area contributed by atoms with Gasteiger partial charge in [0.05, 0.1) is 35.1 Å². The van der Waals surface area contributed by atoms with Crippen molar-refractivity contribution in [3.63, 3.8) is 0 Å². The second-order valence-corrected chi connectivity index (χ2v) is 9.09. The predicted octanol–water partition coefficient (Wildman–Crippen LogP) is 1.86. The Balaban J connectivity index is 2.32. The average molecular weight is 437 g/mol. The highest BCUT2D eigenvalue weighted by atomic mass is 32.2. The van der Waals surface area contributed by atoms with E-state index in [-0.39, 0.29) is 17.1 Å². The predicted molar refractivity (Wildman–Crippen MR) is 116 cm³/mol. The molecule has 0 aliphatic heterocycles. The third-order valence-corrected chi connectivity index (χ3v) is 6.60. The third kappa shape index (κ3) is 6.25. The molecule has 2 aromatic rings. The molecule has 0 heterocycles. The number of nitro benzene ring substituents is 1. The lowest BCUT2D eigenvalue weighted by Crippen LogP contribution is -3.13. The molecule has 2 N–H and O–H groups in total. The van der Waals surface area contributed by atoms with Crippen LogP contribution in [0.4, 0.5) is 11.4 Å². The first-order valence-electron chi connectivity index (χ1n) is 10.1. The molecule has 0 saturated heterocycles. The van der Waals surface area contributed by atoms with Crippen LogP contribution in [0.15, 0.2) is 59.5 Å². The lowest BCUT2D eigenvalue weighted by atomic mass is 10.2. The van der Waals surface area contributed by atoms with Crippen LogP contribution in [-0.4, -0.2) is 50.7 Å². The van der Waals surface area contributed by atoms with Gasteiger partial charge in [0, 0.05) is 12.1 Å². The first-order chi connectivity index (χ1) is 14.3. The standard InChI is InChI=1S/C21H29N3O5S/c1-3-14-22(15-4-2)16-20(25)17-23(18-8-6-5-7-9-18)30(28,29)21-12-10-19(11-13-21)24(26)27/h5-13,20,25H,3-4,14-17H2,1-2H3/p+1. The molecule has 2 aromatic carbocycles. The number of nitrogens with one attached hydrogen (secondary N) is 1. The molecule has 0 aliphatic rings. The van der Waals surface area contributed by atoms with Crippen LogP contribution in [0.2, 0.25) is 0 Å². The molecule has 1 atom stereocenters. The van der Waals surface area contributed by atoms with E-state index in [1.54, 1.807) is 30.3 Å². The number of nitro groups is 1. The number of rotatable bonds is 12. The molecule has 2 rings (SSSR count). The van der Waals surface area contributed by atoms with Gasteiger partial charge in [-0.05, 0) is 37.1 Å². The minimum atomic E-state index is -4.01. The van der Waals surface area contributed by atoms with Gasteiger partial charge in [0.1, 0.15) is 12.6 Å². The van der Waals surface area contributed by atoms with E-state index >= 15 is 0 Å². The van der Waals surface area contributed by atoms with E-state index in [2.05, 4.69) is 13.8 Å². The number of sulfonamides is 1. The molecule has 30 heavy (non-hydrogen) atoms. The first kappa shape index (κ1) is 23.8. The average Bonchev–Trinajstić information content (AvgIpc) is 2.73. The highest BCUT2D eigenvalue weighted by molar-refractivity contribution is 7.92. The Bertz CT molecular complexity index is 898. The quantitative estimate of drug-likeness (QED) is 0.390. The van der Waals surface area contributed by atoms with Crippen molar-refractivity contribution in [2.75, 3.05) is 30.5 Å². The summed E-state index contributed by atoms with van der Waals surface area (Å²) in [6.45, 7) is 6.33. The van der Waals surface area contributed by atoms with Crippen molar-refractivity contribution in [3.8, 4) is 0 Å². The molecule has 164 valence electrons. The Kier molecular flexibility index (Phi) is 8.76. The van der Waals surface area contributed by atoms with E-state index in [9.17, 15) is 23.6 Å². The summed E-state index contributed by atoms with van der Waals surface area (Å²) in [6, 6.07) is 13.4. The van der Waals surface area contributed by atoms with Crippen molar-refractivity contribution in [1.82, 2.24) is 0 Å². The van der Waals surface area contributed by atoms with Crippen LogP contribution in [0, 0.1) is 10.1 Å². The van der Waals surface area contributed by atoms with Crippen molar-refractivity contribution in [2.45, 2.75) is 37.7 Å². The SMILES string of the molecule is CCC[NH+](CCC)CC(O)CN(c1ccccc1)S(=O)(=O)c1ccc([N+](=O)[O-])cc1. The zero-order valence-electron chi connectivity index (χ0n) is 17.4. The number of hydrogen-bond donors (Lipinski definition) is 2. The monoisotopic (exact) mass is 436 g/mol. The van der Waals surface area contributed by atoms with Crippen LogP contribution in [0.25, 0.3) is 0 Å². The summed E-state index contributed by atoms with van der Waals surface area (Å²) >= 11 is 0. The first-order valence-corrected chi connectivity index (χ1v) is 11.6. The van der Waals surface area contributed by atoms with Gasteiger partial charge >= 0.3 is 0 Å². The van der Waals surface area contributed by atoms with E-state index < -0.39 is 21.1 Å². The van der Waals surface area contributed by atoms with E-state index in [4.69, 9.17) is 0 Å². The summed E-state index contributed by atoms with van der Waals surface area (Å²) in [5.41, 5.74) is 0.251. The second kappa shape index (κ2) is 11.1. The largest absolute Gasteiger partial charge is 0.385 e. The number of non-ortho nitro benzene ring substituents is 1. The molecule has 0 spiro atoms. The van der Waals surface area contributed by atoms with Gasteiger partial charge in [-0.2, -0.15) is 0 Å². The van der Waals surface area contributed by atoms with Gasteiger partial charge in [0.2, 0.25) is 0 Å². The zero-order chi connectivity index (χ0) is 22.1. The topological polar surface area (TPSA) is 105 Å². The van der Waals surface area contributed by atoms with Crippen LogP contribution in [0.3, 0.4) is 0 Å². The maximum absolute atomic E-state index is 13.3. The summed E-state index contributed by atoms with van der Waals surface area (Å²) < 4.78 is 27.8. The molecular weight excluding hydrogens is 406 g/mol. The number of nitrogens with zero attached hydrogens (tertiary/aromatic N) is 2. The summed E-state index contributed by atoms with van der Waals surface area (Å²) in [5, 5.41) is 21.6. The molecule has 0 bridgehead atoms. The Labute approximate surface area is 178 Å². The molecule has 0 aromatic heterocycles. The molecule has 9 heteroatoms. The molecule has 0 radical (unpaired) electrons. The minimum absolute atomic E-state index is 0.0597. The minimum Gasteiger partial charge on any atom is -0.385 e. The summed E-state index contributed by atoms with van der Waals surface area (Å²) in [4.78, 5) is 11.5. The van der Waals surface area contributed by atoms with Gasteiger partial charge in [0.15, 0.2) is 0 Å². The molecule has 0 fully saturated rings. The number of hydrogen-bond acceptors (Lipinski definition) is 5. The lowest BCUT2D eigenvalue weighted by Gasteiger charge is -2.28. The fraction of sp³-hybridized carbons (Fsp3) is 0.429. The van der Waals surface area contributed by atoms with E-state index in [1.165, 1.54) is 33.5 Å². The normalized spacial score (nSPS) is 12.7. The van der Waals surface area contributed by atoms with Crippen molar-refractivity contribution < 1.29 is 23.3 Å². The van der Waals surface area contributed by atoms with Gasteiger partial charge < -0.3 is 10.0 Å². The molecule has 0 aliphatic carbocycles. The Morgan fingerprint density at radius 3 is 2.10 bits per heavy atom. The number of aliphatic hydroxyl groups excluding tert-OH is 1. The number of aliphatic hydroxyl groups is 1. The Hall–Kier alpha value is -2.49. The van der Waals surface area contributed by atoms with Crippen LogP contribution in [-0.2, 0) is 10.0 Å². The van der Waals surface area contributed by atoms with Gasteiger partial charge in [0.25, 0.3) is 15.7 Å². The smallest absolute Gasteiger partial charge is 0.269 e. The molecule has 8 nitrogen and oxygen atoms in total. The van der Waals surface area contributed by atoms with Gasteiger partial charge in [-0.25, -0.2) is 8.42 Å². The molecule has 1 unspecified atom stereocenters. The van der Waals surface area contributed by atoms with E-state index in [1.807, 2.05) is 0 Å². The summed E-state index contributed by atoms with van der Waals surface area (Å²) in [7, 11) is -4.01. The van der Waals surface area contributed by atoms with Gasteiger partial charge in [-0.15, -0.1) is 0 Å². The second-order valence-electron chi connectivity index (χ2n) is 7.23. The van der Waals surface area contributed by atoms with E-state index in [0.717, 1.165) is 25.9 Å². The number of anilines is 1. The van der Waals surface area contributed by atoms with Crippen molar-refractivity contribution in [2.24, 2.45) is 0 Å². The van der Waals surface area contributed by atoms with Gasteiger partial charge in [-0.1, -0.05) is 32.0 Å². The van der Waals surface area contributed by atoms with Crippen LogP contribution < -0.4 is 9.21 Å². The molecular formula is C21H30N3O5S+. The molecule has 0 amide bonds. The third-order valence-electron chi connectivity index (χ3n) is 4.79. The van der Waals surface area contributed by atoms with Gasteiger partial charge in [-0.3, -0.25) is 14.4 Å². The summed E-state index contributed by atoms with van der Waals surface area (Å²) in [6.07, 6.45) is 1.10. The van der Waals surface area contributed by atoms with Crippen LogP contribution in [0.5, 0.6) is 0 Å². The molecule has 0 saturated carbocycles. The van der Waals surface area contributed by atoms with Crippen molar-refractivity contribution in [1.29, 1.82) is 0 Å². The van der Waals surface area contributed by atoms with E-state index in [0.29, 0.717) is 12.2 Å².